The summed E-state index contributed by atoms with van der Waals surface area (Å²) in [6, 6.07) is 10.7. The summed E-state index contributed by atoms with van der Waals surface area (Å²) < 4.78 is 2.91. The molecule has 4 heteroatoms. The van der Waals surface area contributed by atoms with Crippen molar-refractivity contribution in [2.75, 3.05) is 0 Å². The highest BCUT2D eigenvalue weighted by Crippen LogP contribution is 2.36. The zero-order valence-electron chi connectivity index (χ0n) is 11.3. The highest BCUT2D eigenvalue weighted by molar-refractivity contribution is 7.71. The van der Waals surface area contributed by atoms with Crippen molar-refractivity contribution in [1.82, 2.24) is 14.5 Å². The molecule has 100 valence electrons. The van der Waals surface area contributed by atoms with E-state index in [0.717, 1.165) is 28.9 Å². The minimum atomic E-state index is 0.555. The van der Waals surface area contributed by atoms with E-state index in [4.69, 9.17) is 12.2 Å². The lowest BCUT2D eigenvalue weighted by Crippen LogP contribution is -2.22. The van der Waals surface area contributed by atoms with Gasteiger partial charge in [-0.2, -0.15) is 0 Å². The Morgan fingerprint density at radius 3 is 3.05 bits per heavy atom. The third-order valence-corrected chi connectivity index (χ3v) is 4.56. The van der Waals surface area contributed by atoms with Crippen molar-refractivity contribution in [2.24, 2.45) is 0 Å². The summed E-state index contributed by atoms with van der Waals surface area (Å²) in [4.78, 5) is 7.78. The van der Waals surface area contributed by atoms with E-state index >= 15 is 0 Å². The second kappa shape index (κ2) is 4.28. The van der Waals surface area contributed by atoms with E-state index in [-0.39, 0.29) is 0 Å². The van der Waals surface area contributed by atoms with E-state index in [1.165, 1.54) is 16.7 Å². The number of H-pyrrole nitrogens is 1. The lowest BCUT2D eigenvalue weighted by atomic mass is 9.77. The number of fused-ring (bicyclic) bond motifs is 2. The van der Waals surface area contributed by atoms with Gasteiger partial charge in [-0.25, -0.2) is 4.98 Å². The Bertz CT molecular complexity index is 860. The Morgan fingerprint density at radius 1 is 1.35 bits per heavy atom. The molecule has 1 atom stereocenters. The van der Waals surface area contributed by atoms with Gasteiger partial charge in [0.1, 0.15) is 0 Å². The summed E-state index contributed by atoms with van der Waals surface area (Å²) in [7, 11) is 0. The smallest absolute Gasteiger partial charge is 0.179 e. The topological polar surface area (TPSA) is 33.6 Å². The van der Waals surface area contributed by atoms with E-state index in [0.29, 0.717) is 5.92 Å². The minimum Gasteiger partial charge on any atom is -0.329 e. The van der Waals surface area contributed by atoms with E-state index < -0.39 is 0 Å². The number of hydrogen-bond acceptors (Lipinski definition) is 2. The van der Waals surface area contributed by atoms with Gasteiger partial charge in [-0.1, -0.05) is 24.3 Å². The number of aryl methyl sites for hydroxylation is 1. The number of nitrogens with one attached hydrogen (secondary N) is 1. The Hall–Kier alpha value is -1.94. The van der Waals surface area contributed by atoms with Gasteiger partial charge in [-0.3, -0.25) is 0 Å². The number of rotatable bonds is 2. The van der Waals surface area contributed by atoms with Gasteiger partial charge >= 0.3 is 0 Å². The maximum Gasteiger partial charge on any atom is 0.179 e. The van der Waals surface area contributed by atoms with Crippen molar-refractivity contribution < 1.29 is 0 Å². The van der Waals surface area contributed by atoms with Gasteiger partial charge in [-0.05, 0) is 48.3 Å². The molecule has 2 heterocycles. The van der Waals surface area contributed by atoms with Gasteiger partial charge < -0.3 is 9.55 Å². The van der Waals surface area contributed by atoms with Crippen LogP contribution in [0.4, 0.5) is 0 Å². The average molecular weight is 281 g/mol. The molecule has 4 rings (SSSR count). The Kier molecular flexibility index (Phi) is 2.54. The summed E-state index contributed by atoms with van der Waals surface area (Å²) >= 11 is 5.47. The lowest BCUT2D eigenvalue weighted by Gasteiger charge is -2.30. The number of benzene rings is 1. The van der Waals surface area contributed by atoms with Crippen LogP contribution in [0.2, 0.25) is 0 Å². The zero-order chi connectivity index (χ0) is 13.7. The largest absolute Gasteiger partial charge is 0.329 e. The molecule has 3 aromatic rings. The van der Waals surface area contributed by atoms with Crippen LogP contribution in [0.25, 0.3) is 11.2 Å². The summed E-state index contributed by atoms with van der Waals surface area (Å²) in [5.41, 5.74) is 6.14. The first-order valence-electron chi connectivity index (χ1n) is 6.86. The Labute approximate surface area is 122 Å². The molecule has 1 aliphatic rings. The number of aromatic nitrogens is 3. The molecule has 1 unspecified atom stereocenters. The molecule has 1 N–H and O–H groups in total. The molecule has 0 saturated heterocycles. The molecular formula is C16H15N3S. The minimum absolute atomic E-state index is 0.555. The van der Waals surface area contributed by atoms with Crippen LogP contribution in [0.1, 0.15) is 22.6 Å². The van der Waals surface area contributed by atoms with E-state index in [1.807, 2.05) is 12.3 Å². The van der Waals surface area contributed by atoms with Crippen LogP contribution in [0.15, 0.2) is 36.5 Å². The van der Waals surface area contributed by atoms with Crippen molar-refractivity contribution in [2.45, 2.75) is 25.8 Å². The van der Waals surface area contributed by atoms with Crippen molar-refractivity contribution in [3.63, 3.8) is 0 Å². The number of pyridine rings is 1. The second-order valence-corrected chi connectivity index (χ2v) is 5.85. The zero-order valence-corrected chi connectivity index (χ0v) is 12.1. The fraction of sp³-hybridized carbons (Fsp3) is 0.250. The van der Waals surface area contributed by atoms with Crippen LogP contribution >= 0.6 is 12.2 Å². The summed E-state index contributed by atoms with van der Waals surface area (Å²) in [5, 5.41) is 0. The SMILES string of the molecule is Cc1ccnc2c1[nH]c(=S)n2CC1Cc2ccccc21. The summed E-state index contributed by atoms with van der Waals surface area (Å²) in [6.07, 6.45) is 2.99. The van der Waals surface area contributed by atoms with Gasteiger partial charge in [0, 0.05) is 18.7 Å². The van der Waals surface area contributed by atoms with Gasteiger partial charge in [0.15, 0.2) is 10.4 Å². The highest BCUT2D eigenvalue weighted by atomic mass is 32.1. The monoisotopic (exact) mass is 281 g/mol. The molecular weight excluding hydrogens is 266 g/mol. The molecule has 0 radical (unpaired) electrons. The Morgan fingerprint density at radius 2 is 2.20 bits per heavy atom. The normalized spacial score (nSPS) is 16.9. The predicted molar refractivity (Wildman–Crippen MR) is 82.5 cm³/mol. The van der Waals surface area contributed by atoms with Gasteiger partial charge in [0.05, 0.1) is 5.52 Å². The number of aromatic amines is 1. The van der Waals surface area contributed by atoms with E-state index in [2.05, 4.69) is 45.7 Å². The van der Waals surface area contributed by atoms with Crippen molar-refractivity contribution in [3.05, 3.63) is 58.0 Å². The third-order valence-electron chi connectivity index (χ3n) is 4.24. The maximum atomic E-state index is 5.47. The fourth-order valence-electron chi connectivity index (χ4n) is 3.09. The molecule has 2 aromatic heterocycles. The van der Waals surface area contributed by atoms with Gasteiger partial charge in [0.25, 0.3) is 0 Å². The maximum absolute atomic E-state index is 5.47. The number of hydrogen-bond donors (Lipinski definition) is 1. The first kappa shape index (κ1) is 11.9. The lowest BCUT2D eigenvalue weighted by molar-refractivity contribution is 0.511. The average Bonchev–Trinajstić information content (AvgIpc) is 2.74. The van der Waals surface area contributed by atoms with Crippen LogP contribution < -0.4 is 0 Å². The molecule has 1 aromatic carbocycles. The first-order valence-corrected chi connectivity index (χ1v) is 7.27. The molecule has 0 bridgehead atoms. The van der Waals surface area contributed by atoms with Crippen LogP contribution in [0, 0.1) is 11.7 Å². The Balaban J connectivity index is 1.76. The first-order chi connectivity index (χ1) is 9.74. The fourth-order valence-corrected chi connectivity index (χ4v) is 3.35. The number of imidazole rings is 1. The molecule has 20 heavy (non-hydrogen) atoms. The summed E-state index contributed by atoms with van der Waals surface area (Å²) in [5.74, 6) is 0.555. The number of nitrogens with zero attached hydrogens (tertiary/aromatic N) is 2. The van der Waals surface area contributed by atoms with Gasteiger partial charge in [0.2, 0.25) is 0 Å². The van der Waals surface area contributed by atoms with Gasteiger partial charge in [-0.15, -0.1) is 0 Å². The standard InChI is InChI=1S/C16H15N3S/c1-10-6-7-17-15-14(10)18-16(20)19(15)9-12-8-11-4-2-3-5-13(11)12/h2-7,12H,8-9H2,1H3,(H,18,20). The quantitative estimate of drug-likeness (QED) is 0.726. The molecule has 0 amide bonds. The molecule has 3 nitrogen and oxygen atoms in total. The van der Waals surface area contributed by atoms with Crippen molar-refractivity contribution in [3.8, 4) is 0 Å². The molecule has 1 aliphatic carbocycles. The van der Waals surface area contributed by atoms with Crippen molar-refractivity contribution >= 4 is 23.4 Å². The molecule has 0 fully saturated rings. The van der Waals surface area contributed by atoms with Crippen molar-refractivity contribution in [1.29, 1.82) is 0 Å². The molecule has 0 spiro atoms. The molecule has 0 aliphatic heterocycles. The van der Waals surface area contributed by atoms with E-state index in [1.54, 1.807) is 0 Å². The van der Waals surface area contributed by atoms with Crippen LogP contribution in [0.3, 0.4) is 0 Å². The summed E-state index contributed by atoms with van der Waals surface area (Å²) in [6.45, 7) is 2.99. The highest BCUT2D eigenvalue weighted by Gasteiger charge is 2.26. The predicted octanol–water partition coefficient (Wildman–Crippen LogP) is 3.74. The van der Waals surface area contributed by atoms with Crippen LogP contribution in [0.5, 0.6) is 0 Å². The molecule has 0 saturated carbocycles. The van der Waals surface area contributed by atoms with Crippen LogP contribution in [-0.2, 0) is 13.0 Å². The third kappa shape index (κ3) is 1.64. The second-order valence-electron chi connectivity index (χ2n) is 5.47. The van der Waals surface area contributed by atoms with E-state index in [9.17, 15) is 0 Å². The van der Waals surface area contributed by atoms with Crippen LogP contribution in [-0.4, -0.2) is 14.5 Å².